The number of nitrogens with zero attached hydrogens (tertiary/aromatic N) is 1. The van der Waals surface area contributed by atoms with E-state index >= 15 is 0 Å². The summed E-state index contributed by atoms with van der Waals surface area (Å²) in [6, 6.07) is 1.97. The minimum atomic E-state index is 0.00546. The van der Waals surface area contributed by atoms with Crippen molar-refractivity contribution in [2.24, 2.45) is 5.92 Å². The van der Waals surface area contributed by atoms with Crippen LogP contribution in [0.25, 0.3) is 0 Å². The molecule has 70 valence electrons. The fraction of sp³-hybridized carbons (Fsp3) is 0.400. The van der Waals surface area contributed by atoms with E-state index in [4.69, 9.17) is 5.73 Å². The van der Waals surface area contributed by atoms with Crippen molar-refractivity contribution in [3.8, 4) is 0 Å². The second kappa shape index (κ2) is 4.03. The molecule has 0 aliphatic rings. The molecule has 0 spiro atoms. The maximum Gasteiger partial charge on any atom is 0.126 e. The van der Waals surface area contributed by atoms with Crippen LogP contribution in [0.5, 0.6) is 0 Å². The number of aldehydes is 1. The maximum atomic E-state index is 10.4. The molecule has 3 heteroatoms. The summed E-state index contributed by atoms with van der Waals surface area (Å²) < 4.78 is 0. The topological polar surface area (TPSA) is 56.0 Å². The van der Waals surface area contributed by atoms with Gasteiger partial charge in [0.1, 0.15) is 12.1 Å². The van der Waals surface area contributed by atoms with E-state index in [1.54, 1.807) is 6.20 Å². The van der Waals surface area contributed by atoms with Crippen LogP contribution in [0.2, 0.25) is 0 Å². The average Bonchev–Trinajstić information content (AvgIpc) is 2.11. The molecule has 1 unspecified atom stereocenters. The molecule has 0 aromatic carbocycles. The minimum Gasteiger partial charge on any atom is -0.383 e. The van der Waals surface area contributed by atoms with E-state index in [9.17, 15) is 4.79 Å². The van der Waals surface area contributed by atoms with Crippen molar-refractivity contribution >= 4 is 12.1 Å². The Morgan fingerprint density at radius 3 is 3.00 bits per heavy atom. The van der Waals surface area contributed by atoms with Crippen LogP contribution in [0, 0.1) is 12.8 Å². The highest BCUT2D eigenvalue weighted by Crippen LogP contribution is 2.14. The maximum absolute atomic E-state index is 10.4. The molecule has 1 aromatic rings. The highest BCUT2D eigenvalue weighted by molar-refractivity contribution is 5.55. The number of hydrogen-bond donors (Lipinski definition) is 1. The largest absolute Gasteiger partial charge is 0.383 e. The first-order valence-corrected chi connectivity index (χ1v) is 4.29. The summed E-state index contributed by atoms with van der Waals surface area (Å²) in [5.74, 6) is 0.533. The number of aryl methyl sites for hydroxylation is 1. The van der Waals surface area contributed by atoms with E-state index < -0.39 is 0 Å². The molecule has 3 nitrogen and oxygen atoms in total. The lowest BCUT2D eigenvalue weighted by Gasteiger charge is -2.07. The Morgan fingerprint density at radius 1 is 1.69 bits per heavy atom. The molecule has 0 amide bonds. The number of aromatic nitrogens is 1. The summed E-state index contributed by atoms with van der Waals surface area (Å²) in [5, 5.41) is 0. The predicted octanol–water partition coefficient (Wildman–Crippen LogP) is 1.35. The van der Waals surface area contributed by atoms with Crippen LogP contribution in [0.3, 0.4) is 0 Å². The molecule has 0 saturated carbocycles. The zero-order chi connectivity index (χ0) is 9.84. The van der Waals surface area contributed by atoms with Gasteiger partial charge in [-0.15, -0.1) is 0 Å². The normalized spacial score (nSPS) is 12.5. The molecule has 0 fully saturated rings. The number of anilines is 1. The Hall–Kier alpha value is -1.38. The molecule has 0 bridgehead atoms. The molecule has 1 atom stereocenters. The first-order chi connectivity index (χ1) is 6.13. The highest BCUT2D eigenvalue weighted by Gasteiger charge is 2.05. The summed E-state index contributed by atoms with van der Waals surface area (Å²) in [6.07, 6.45) is 3.33. The summed E-state index contributed by atoms with van der Waals surface area (Å²) in [6.45, 7) is 3.83. The number of carbonyl (C=O) groups excluding carboxylic acids is 1. The van der Waals surface area contributed by atoms with Crippen molar-refractivity contribution in [1.82, 2.24) is 4.98 Å². The summed E-state index contributed by atoms with van der Waals surface area (Å²) in [4.78, 5) is 14.5. The average molecular weight is 178 g/mol. The second-order valence-electron chi connectivity index (χ2n) is 3.37. The number of nitrogen functional groups attached to an aromatic ring is 1. The Bertz CT molecular complexity index is 310. The molecular formula is C10H14N2O. The van der Waals surface area contributed by atoms with Gasteiger partial charge in [0.05, 0.1) is 0 Å². The molecule has 0 aliphatic heterocycles. The van der Waals surface area contributed by atoms with Gasteiger partial charge in [-0.2, -0.15) is 0 Å². The zero-order valence-corrected chi connectivity index (χ0v) is 7.95. The van der Waals surface area contributed by atoms with Gasteiger partial charge in [0.15, 0.2) is 0 Å². The van der Waals surface area contributed by atoms with Gasteiger partial charge in [-0.25, -0.2) is 4.98 Å². The van der Waals surface area contributed by atoms with Crippen molar-refractivity contribution in [3.63, 3.8) is 0 Å². The van der Waals surface area contributed by atoms with Crippen molar-refractivity contribution < 1.29 is 4.79 Å². The fourth-order valence-corrected chi connectivity index (χ4v) is 1.20. The SMILES string of the molecule is Cc1cnc(N)c(CC(C)C=O)c1. The Morgan fingerprint density at radius 2 is 2.38 bits per heavy atom. The molecule has 0 saturated heterocycles. The second-order valence-corrected chi connectivity index (χ2v) is 3.37. The van der Waals surface area contributed by atoms with Crippen LogP contribution in [0.4, 0.5) is 5.82 Å². The van der Waals surface area contributed by atoms with E-state index in [0.717, 1.165) is 17.4 Å². The van der Waals surface area contributed by atoms with Crippen molar-refractivity contribution in [1.29, 1.82) is 0 Å². The first-order valence-electron chi connectivity index (χ1n) is 4.29. The lowest BCUT2D eigenvalue weighted by molar-refractivity contribution is -0.110. The standard InChI is InChI=1S/C10H14N2O/c1-7-3-9(4-8(2)6-13)10(11)12-5-7/h3,5-6,8H,4H2,1-2H3,(H2,11,12). The van der Waals surface area contributed by atoms with Crippen LogP contribution in [-0.2, 0) is 11.2 Å². The van der Waals surface area contributed by atoms with Crippen LogP contribution in [0.15, 0.2) is 12.3 Å². The first kappa shape index (κ1) is 9.71. The van der Waals surface area contributed by atoms with Gasteiger partial charge in [0.25, 0.3) is 0 Å². The number of hydrogen-bond acceptors (Lipinski definition) is 3. The van der Waals surface area contributed by atoms with E-state index in [0.29, 0.717) is 12.2 Å². The van der Waals surface area contributed by atoms with Gasteiger partial charge in [0, 0.05) is 12.1 Å². The monoisotopic (exact) mass is 178 g/mol. The quantitative estimate of drug-likeness (QED) is 0.711. The molecule has 1 rings (SSSR count). The molecule has 0 radical (unpaired) electrons. The predicted molar refractivity (Wildman–Crippen MR) is 52.3 cm³/mol. The third-order valence-electron chi connectivity index (χ3n) is 1.91. The Balaban J connectivity index is 2.86. The van der Waals surface area contributed by atoms with Crippen LogP contribution < -0.4 is 5.73 Å². The van der Waals surface area contributed by atoms with E-state index in [-0.39, 0.29) is 5.92 Å². The Labute approximate surface area is 78.0 Å². The molecule has 1 heterocycles. The third-order valence-corrected chi connectivity index (χ3v) is 1.91. The number of rotatable bonds is 3. The molecule has 1 aromatic heterocycles. The van der Waals surface area contributed by atoms with E-state index in [2.05, 4.69) is 4.98 Å². The number of carbonyl (C=O) groups is 1. The van der Waals surface area contributed by atoms with Crippen molar-refractivity contribution in [3.05, 3.63) is 23.4 Å². The minimum absolute atomic E-state index is 0.00546. The lowest BCUT2D eigenvalue weighted by Crippen LogP contribution is -2.05. The lowest BCUT2D eigenvalue weighted by atomic mass is 10.0. The highest BCUT2D eigenvalue weighted by atomic mass is 16.1. The fourth-order valence-electron chi connectivity index (χ4n) is 1.20. The van der Waals surface area contributed by atoms with Gasteiger partial charge in [-0.3, -0.25) is 0 Å². The zero-order valence-electron chi connectivity index (χ0n) is 7.95. The molecular weight excluding hydrogens is 164 g/mol. The van der Waals surface area contributed by atoms with Gasteiger partial charge >= 0.3 is 0 Å². The molecule has 0 aliphatic carbocycles. The van der Waals surface area contributed by atoms with E-state index in [1.165, 1.54) is 0 Å². The molecule has 2 N–H and O–H groups in total. The smallest absolute Gasteiger partial charge is 0.126 e. The van der Waals surface area contributed by atoms with Crippen molar-refractivity contribution in [2.75, 3.05) is 5.73 Å². The van der Waals surface area contributed by atoms with Gasteiger partial charge in [-0.05, 0) is 24.5 Å². The Kier molecular flexibility index (Phi) is 3.01. The van der Waals surface area contributed by atoms with Crippen LogP contribution in [0.1, 0.15) is 18.1 Å². The van der Waals surface area contributed by atoms with Crippen LogP contribution in [-0.4, -0.2) is 11.3 Å². The summed E-state index contributed by atoms with van der Waals surface area (Å²) >= 11 is 0. The third kappa shape index (κ3) is 2.54. The van der Waals surface area contributed by atoms with Gasteiger partial charge < -0.3 is 10.5 Å². The molecule has 13 heavy (non-hydrogen) atoms. The van der Waals surface area contributed by atoms with Crippen molar-refractivity contribution in [2.45, 2.75) is 20.3 Å². The summed E-state index contributed by atoms with van der Waals surface area (Å²) in [7, 11) is 0. The van der Waals surface area contributed by atoms with Crippen LogP contribution >= 0.6 is 0 Å². The summed E-state index contributed by atoms with van der Waals surface area (Å²) in [5.41, 5.74) is 7.69. The van der Waals surface area contributed by atoms with Gasteiger partial charge in [0.2, 0.25) is 0 Å². The van der Waals surface area contributed by atoms with Gasteiger partial charge in [-0.1, -0.05) is 13.0 Å². The van der Waals surface area contributed by atoms with E-state index in [1.807, 2.05) is 19.9 Å². The number of nitrogens with two attached hydrogens (primary N) is 1. The number of pyridine rings is 1.